The fourth-order valence-corrected chi connectivity index (χ4v) is 2.58. The number of aromatic amines is 1. The lowest BCUT2D eigenvalue weighted by atomic mass is 10.1. The van der Waals surface area contributed by atoms with Gasteiger partial charge in [-0.1, -0.05) is 18.2 Å². The van der Waals surface area contributed by atoms with Crippen LogP contribution in [0.3, 0.4) is 0 Å². The van der Waals surface area contributed by atoms with Gasteiger partial charge in [-0.25, -0.2) is 4.98 Å². The molecular formula is C17H18N4O2. The molecule has 1 amide bonds. The number of aliphatic hydroxyl groups is 1. The van der Waals surface area contributed by atoms with Gasteiger partial charge in [0.1, 0.15) is 5.82 Å². The lowest BCUT2D eigenvalue weighted by Gasteiger charge is -2.21. The SMILES string of the molecule is Cc1ncc(CN(CCO)C(=O)c2ccnc3ccccc23)[nH]1. The molecule has 118 valence electrons. The van der Waals surface area contributed by atoms with Crippen molar-refractivity contribution in [2.24, 2.45) is 0 Å². The van der Waals surface area contributed by atoms with Crippen LogP contribution in [0.25, 0.3) is 10.9 Å². The smallest absolute Gasteiger partial charge is 0.255 e. The zero-order valence-corrected chi connectivity index (χ0v) is 12.9. The fourth-order valence-electron chi connectivity index (χ4n) is 2.58. The number of amides is 1. The number of hydrogen-bond acceptors (Lipinski definition) is 4. The largest absolute Gasteiger partial charge is 0.395 e. The number of para-hydroxylation sites is 1. The number of aromatic nitrogens is 3. The van der Waals surface area contributed by atoms with Gasteiger partial charge in [-0.3, -0.25) is 9.78 Å². The van der Waals surface area contributed by atoms with Crippen LogP contribution in [0.4, 0.5) is 0 Å². The zero-order chi connectivity index (χ0) is 16.2. The lowest BCUT2D eigenvalue weighted by molar-refractivity contribution is 0.0707. The summed E-state index contributed by atoms with van der Waals surface area (Å²) in [7, 11) is 0. The first-order valence-electron chi connectivity index (χ1n) is 7.43. The number of imidazole rings is 1. The van der Waals surface area contributed by atoms with E-state index < -0.39 is 0 Å². The Balaban J connectivity index is 1.93. The molecule has 3 rings (SSSR count). The maximum atomic E-state index is 12.9. The molecule has 2 aromatic heterocycles. The van der Waals surface area contributed by atoms with Crippen molar-refractivity contribution in [1.29, 1.82) is 0 Å². The molecule has 1 aromatic carbocycles. The Kier molecular flexibility index (Phi) is 4.34. The normalized spacial score (nSPS) is 10.9. The van der Waals surface area contributed by atoms with E-state index >= 15 is 0 Å². The zero-order valence-electron chi connectivity index (χ0n) is 12.9. The molecule has 0 atom stereocenters. The number of pyridine rings is 1. The van der Waals surface area contributed by atoms with Crippen molar-refractivity contribution in [3.05, 3.63) is 59.8 Å². The fraction of sp³-hybridized carbons (Fsp3) is 0.235. The van der Waals surface area contributed by atoms with Gasteiger partial charge in [0.2, 0.25) is 0 Å². The molecule has 6 nitrogen and oxygen atoms in total. The van der Waals surface area contributed by atoms with Gasteiger partial charge in [-0.15, -0.1) is 0 Å². The van der Waals surface area contributed by atoms with Gasteiger partial charge in [-0.05, 0) is 19.1 Å². The van der Waals surface area contributed by atoms with E-state index in [9.17, 15) is 9.90 Å². The van der Waals surface area contributed by atoms with E-state index in [0.717, 1.165) is 22.4 Å². The Hall–Kier alpha value is -2.73. The minimum absolute atomic E-state index is 0.0954. The van der Waals surface area contributed by atoms with Gasteiger partial charge in [0.05, 0.1) is 36.1 Å². The average molecular weight is 310 g/mol. The number of carbonyl (C=O) groups excluding carboxylic acids is 1. The second-order valence-electron chi connectivity index (χ2n) is 5.32. The van der Waals surface area contributed by atoms with Crippen molar-refractivity contribution in [1.82, 2.24) is 19.9 Å². The van der Waals surface area contributed by atoms with Gasteiger partial charge >= 0.3 is 0 Å². The molecule has 3 aromatic rings. The lowest BCUT2D eigenvalue weighted by Crippen LogP contribution is -2.33. The summed E-state index contributed by atoms with van der Waals surface area (Å²) in [4.78, 5) is 26.1. The summed E-state index contributed by atoms with van der Waals surface area (Å²) in [5.74, 6) is 0.663. The van der Waals surface area contributed by atoms with Crippen LogP contribution in [0.5, 0.6) is 0 Å². The molecule has 0 aliphatic carbocycles. The molecule has 0 saturated heterocycles. The van der Waals surface area contributed by atoms with Crippen LogP contribution < -0.4 is 0 Å². The molecule has 0 bridgehead atoms. The molecule has 6 heteroatoms. The summed E-state index contributed by atoms with van der Waals surface area (Å²) < 4.78 is 0. The van der Waals surface area contributed by atoms with E-state index in [0.29, 0.717) is 12.1 Å². The van der Waals surface area contributed by atoms with Gasteiger partial charge in [-0.2, -0.15) is 0 Å². The first-order chi connectivity index (χ1) is 11.2. The number of benzene rings is 1. The number of aliphatic hydroxyl groups excluding tert-OH is 1. The van der Waals surface area contributed by atoms with Crippen LogP contribution in [-0.4, -0.2) is 44.0 Å². The summed E-state index contributed by atoms with van der Waals surface area (Å²) in [5.41, 5.74) is 2.20. The first-order valence-corrected chi connectivity index (χ1v) is 7.43. The number of nitrogens with zero attached hydrogens (tertiary/aromatic N) is 3. The number of H-pyrrole nitrogens is 1. The monoisotopic (exact) mass is 310 g/mol. The summed E-state index contributed by atoms with van der Waals surface area (Å²) in [6, 6.07) is 9.25. The van der Waals surface area contributed by atoms with Crippen molar-refractivity contribution in [3.63, 3.8) is 0 Å². The molecule has 0 unspecified atom stereocenters. The Labute approximate surface area is 133 Å². The number of nitrogens with one attached hydrogen (secondary N) is 1. The maximum Gasteiger partial charge on any atom is 0.255 e. The molecular weight excluding hydrogens is 292 g/mol. The van der Waals surface area contributed by atoms with Crippen molar-refractivity contribution in [2.45, 2.75) is 13.5 Å². The van der Waals surface area contributed by atoms with Crippen LogP contribution in [0, 0.1) is 6.92 Å². The second-order valence-corrected chi connectivity index (χ2v) is 5.32. The van der Waals surface area contributed by atoms with E-state index in [1.807, 2.05) is 31.2 Å². The second kappa shape index (κ2) is 6.58. The number of rotatable bonds is 5. The Morgan fingerprint density at radius 2 is 2.09 bits per heavy atom. The average Bonchev–Trinajstić information content (AvgIpc) is 2.98. The maximum absolute atomic E-state index is 12.9. The highest BCUT2D eigenvalue weighted by atomic mass is 16.3. The summed E-state index contributed by atoms with van der Waals surface area (Å²) in [6.45, 7) is 2.39. The highest BCUT2D eigenvalue weighted by Gasteiger charge is 2.19. The predicted molar refractivity (Wildman–Crippen MR) is 86.9 cm³/mol. The van der Waals surface area contributed by atoms with Crippen LogP contribution in [0.15, 0.2) is 42.7 Å². The molecule has 0 radical (unpaired) electrons. The van der Waals surface area contributed by atoms with Gasteiger partial charge in [0, 0.05) is 18.1 Å². The van der Waals surface area contributed by atoms with E-state index in [1.165, 1.54) is 0 Å². The molecule has 0 aliphatic rings. The Morgan fingerprint density at radius 1 is 1.26 bits per heavy atom. The van der Waals surface area contributed by atoms with E-state index in [-0.39, 0.29) is 19.1 Å². The summed E-state index contributed by atoms with van der Waals surface area (Å²) in [5, 5.41) is 10.1. The van der Waals surface area contributed by atoms with Crippen LogP contribution in [0.1, 0.15) is 21.9 Å². The van der Waals surface area contributed by atoms with Gasteiger partial charge < -0.3 is 15.0 Å². The molecule has 0 aliphatic heterocycles. The number of fused-ring (bicyclic) bond motifs is 1. The Morgan fingerprint density at radius 3 is 2.83 bits per heavy atom. The topological polar surface area (TPSA) is 82.1 Å². The molecule has 0 spiro atoms. The molecule has 0 saturated carbocycles. The van der Waals surface area contributed by atoms with Crippen molar-refractivity contribution < 1.29 is 9.90 Å². The van der Waals surface area contributed by atoms with E-state index in [2.05, 4.69) is 15.0 Å². The first kappa shape index (κ1) is 15.2. The quantitative estimate of drug-likeness (QED) is 0.754. The predicted octanol–water partition coefficient (Wildman–Crippen LogP) is 1.90. The molecule has 2 heterocycles. The minimum Gasteiger partial charge on any atom is -0.395 e. The number of aryl methyl sites for hydroxylation is 1. The van der Waals surface area contributed by atoms with Crippen molar-refractivity contribution >= 4 is 16.8 Å². The third kappa shape index (κ3) is 3.22. The molecule has 23 heavy (non-hydrogen) atoms. The number of hydrogen-bond donors (Lipinski definition) is 2. The minimum atomic E-state index is -0.134. The summed E-state index contributed by atoms with van der Waals surface area (Å²) in [6.07, 6.45) is 3.34. The molecule has 2 N–H and O–H groups in total. The Bertz CT molecular complexity index is 823. The number of carbonyl (C=O) groups is 1. The van der Waals surface area contributed by atoms with Crippen LogP contribution in [0.2, 0.25) is 0 Å². The third-order valence-corrected chi connectivity index (χ3v) is 3.65. The molecule has 0 fully saturated rings. The van der Waals surface area contributed by atoms with Crippen LogP contribution >= 0.6 is 0 Å². The van der Waals surface area contributed by atoms with Crippen molar-refractivity contribution in [3.8, 4) is 0 Å². The highest BCUT2D eigenvalue weighted by molar-refractivity contribution is 6.05. The standard InChI is InChI=1S/C17H18N4O2/c1-12-19-10-13(20-12)11-21(8-9-22)17(23)15-6-7-18-16-5-3-2-4-14(15)16/h2-7,10,22H,8-9,11H2,1H3,(H,19,20). The van der Waals surface area contributed by atoms with Gasteiger partial charge in [0.25, 0.3) is 5.91 Å². The van der Waals surface area contributed by atoms with E-state index in [1.54, 1.807) is 23.4 Å². The highest BCUT2D eigenvalue weighted by Crippen LogP contribution is 2.18. The van der Waals surface area contributed by atoms with E-state index in [4.69, 9.17) is 0 Å². The van der Waals surface area contributed by atoms with Crippen LogP contribution in [-0.2, 0) is 6.54 Å². The third-order valence-electron chi connectivity index (χ3n) is 3.65. The van der Waals surface area contributed by atoms with Gasteiger partial charge in [0.15, 0.2) is 0 Å². The van der Waals surface area contributed by atoms with Crippen molar-refractivity contribution in [2.75, 3.05) is 13.2 Å². The summed E-state index contributed by atoms with van der Waals surface area (Å²) >= 11 is 0.